The van der Waals surface area contributed by atoms with E-state index in [0.29, 0.717) is 25.3 Å². The lowest BCUT2D eigenvalue weighted by atomic mass is 10.2. The zero-order valence-electron chi connectivity index (χ0n) is 17.4. The van der Waals surface area contributed by atoms with Gasteiger partial charge in [0.2, 0.25) is 0 Å². The Morgan fingerprint density at radius 1 is 1.24 bits per heavy atom. The number of amides is 1. The molecular formula is C23H30N4O2. The van der Waals surface area contributed by atoms with Crippen molar-refractivity contribution < 1.29 is 9.21 Å². The quantitative estimate of drug-likeness (QED) is 0.627. The monoisotopic (exact) mass is 394 g/mol. The molecule has 0 aliphatic carbocycles. The predicted molar refractivity (Wildman–Crippen MR) is 114 cm³/mol. The fourth-order valence-corrected chi connectivity index (χ4v) is 4.11. The number of H-pyrrole nitrogens is 1. The highest BCUT2D eigenvalue weighted by atomic mass is 16.4. The van der Waals surface area contributed by atoms with Crippen LogP contribution in [0.1, 0.15) is 54.4 Å². The van der Waals surface area contributed by atoms with E-state index >= 15 is 0 Å². The largest absolute Gasteiger partial charge is 0.456 e. The average molecular weight is 395 g/mol. The number of para-hydroxylation sites is 2. The highest BCUT2D eigenvalue weighted by Crippen LogP contribution is 2.22. The van der Waals surface area contributed by atoms with Crippen molar-refractivity contribution in [2.75, 3.05) is 26.2 Å². The van der Waals surface area contributed by atoms with Crippen LogP contribution >= 0.6 is 0 Å². The first-order valence-corrected chi connectivity index (χ1v) is 10.7. The number of furan rings is 1. The van der Waals surface area contributed by atoms with Gasteiger partial charge >= 0.3 is 0 Å². The van der Waals surface area contributed by atoms with Crippen LogP contribution in [0.15, 0.2) is 34.7 Å². The van der Waals surface area contributed by atoms with Crippen LogP contribution in [0, 0.1) is 0 Å². The van der Waals surface area contributed by atoms with Crippen LogP contribution in [-0.2, 0) is 19.4 Å². The van der Waals surface area contributed by atoms with Gasteiger partial charge in [-0.15, -0.1) is 0 Å². The molecule has 6 heteroatoms. The summed E-state index contributed by atoms with van der Waals surface area (Å²) in [6.45, 7) is 8.49. The minimum atomic E-state index is -0.0361. The third-order valence-corrected chi connectivity index (χ3v) is 5.75. The maximum atomic E-state index is 13.1. The van der Waals surface area contributed by atoms with Crippen LogP contribution in [0.2, 0.25) is 0 Å². The van der Waals surface area contributed by atoms with E-state index in [1.807, 2.05) is 42.2 Å². The van der Waals surface area contributed by atoms with Crippen molar-refractivity contribution in [2.45, 2.75) is 46.1 Å². The molecule has 0 atom stereocenters. The topological polar surface area (TPSA) is 65.4 Å². The van der Waals surface area contributed by atoms with Gasteiger partial charge in [0.05, 0.1) is 11.0 Å². The molecule has 0 bridgehead atoms. The number of aromatic nitrogens is 2. The van der Waals surface area contributed by atoms with Gasteiger partial charge in [-0.2, -0.15) is 0 Å². The number of imidazole rings is 1. The van der Waals surface area contributed by atoms with E-state index in [0.717, 1.165) is 54.2 Å². The lowest BCUT2D eigenvalue weighted by Crippen LogP contribution is -2.32. The molecule has 1 N–H and O–H groups in total. The number of nitrogens with zero attached hydrogens (tertiary/aromatic N) is 3. The second-order valence-electron chi connectivity index (χ2n) is 7.73. The maximum absolute atomic E-state index is 13.1. The van der Waals surface area contributed by atoms with E-state index in [-0.39, 0.29) is 5.91 Å². The zero-order valence-corrected chi connectivity index (χ0v) is 17.4. The van der Waals surface area contributed by atoms with Crippen LogP contribution in [-0.4, -0.2) is 51.9 Å². The number of hydrogen-bond donors (Lipinski definition) is 1. The van der Waals surface area contributed by atoms with Gasteiger partial charge in [0, 0.05) is 38.0 Å². The molecule has 4 rings (SSSR count). The number of aryl methyl sites for hydroxylation is 1. The molecule has 1 amide bonds. The summed E-state index contributed by atoms with van der Waals surface area (Å²) in [5, 5.41) is 0. The Hall–Kier alpha value is -2.60. The number of nitrogens with one attached hydrogen (secondary N) is 1. The molecule has 154 valence electrons. The summed E-state index contributed by atoms with van der Waals surface area (Å²) in [4.78, 5) is 25.3. The number of aromatic amines is 1. The van der Waals surface area contributed by atoms with Crippen molar-refractivity contribution in [2.24, 2.45) is 0 Å². The van der Waals surface area contributed by atoms with E-state index < -0.39 is 0 Å². The van der Waals surface area contributed by atoms with Gasteiger partial charge in [-0.05, 0) is 51.1 Å². The smallest absolute Gasteiger partial charge is 0.289 e. The van der Waals surface area contributed by atoms with Gasteiger partial charge in [0.1, 0.15) is 11.6 Å². The zero-order chi connectivity index (χ0) is 20.2. The van der Waals surface area contributed by atoms with E-state index in [1.54, 1.807) is 0 Å². The van der Waals surface area contributed by atoms with Crippen LogP contribution < -0.4 is 0 Å². The Bertz CT molecular complexity index is 935. The molecule has 1 fully saturated rings. The molecule has 1 aromatic carbocycles. The van der Waals surface area contributed by atoms with Gasteiger partial charge in [-0.3, -0.25) is 9.69 Å². The van der Waals surface area contributed by atoms with Crippen LogP contribution in [0.5, 0.6) is 0 Å². The molecule has 1 saturated heterocycles. The van der Waals surface area contributed by atoms with Crippen molar-refractivity contribution in [1.29, 1.82) is 0 Å². The Balaban J connectivity index is 1.44. The summed E-state index contributed by atoms with van der Waals surface area (Å²) >= 11 is 0. The molecule has 0 radical (unpaired) electrons. The fourth-order valence-electron chi connectivity index (χ4n) is 4.11. The van der Waals surface area contributed by atoms with E-state index in [9.17, 15) is 4.79 Å². The summed E-state index contributed by atoms with van der Waals surface area (Å²) < 4.78 is 5.98. The summed E-state index contributed by atoms with van der Waals surface area (Å²) in [7, 11) is 0. The SMILES string of the molecule is CCc1oc(C(=O)N(CC)CCc2nc3ccccc3[nH]2)cc1CN1CCCC1. The van der Waals surface area contributed by atoms with Crippen LogP contribution in [0.4, 0.5) is 0 Å². The van der Waals surface area contributed by atoms with E-state index in [4.69, 9.17) is 4.42 Å². The molecule has 2 aromatic heterocycles. The highest BCUT2D eigenvalue weighted by Gasteiger charge is 2.22. The molecule has 1 aliphatic rings. The molecule has 1 aliphatic heterocycles. The standard InChI is InChI=1S/C23H30N4O2/c1-3-20-17(16-26-12-7-8-13-26)15-21(29-20)23(28)27(4-2)14-11-22-24-18-9-5-6-10-19(18)25-22/h5-6,9-10,15H,3-4,7-8,11-14,16H2,1-2H3,(H,24,25). The molecular weight excluding hydrogens is 364 g/mol. The number of benzene rings is 1. The van der Waals surface area contributed by atoms with Crippen molar-refractivity contribution >= 4 is 16.9 Å². The van der Waals surface area contributed by atoms with Crippen molar-refractivity contribution in [1.82, 2.24) is 19.8 Å². The van der Waals surface area contributed by atoms with Gasteiger partial charge < -0.3 is 14.3 Å². The van der Waals surface area contributed by atoms with E-state index in [2.05, 4.69) is 21.8 Å². The molecule has 3 aromatic rings. The van der Waals surface area contributed by atoms with Crippen molar-refractivity contribution in [3.63, 3.8) is 0 Å². The minimum absolute atomic E-state index is 0.0361. The highest BCUT2D eigenvalue weighted by molar-refractivity contribution is 5.91. The maximum Gasteiger partial charge on any atom is 0.289 e. The van der Waals surface area contributed by atoms with Gasteiger partial charge in [-0.1, -0.05) is 19.1 Å². The minimum Gasteiger partial charge on any atom is -0.456 e. The number of carbonyl (C=O) groups is 1. The molecule has 0 unspecified atom stereocenters. The summed E-state index contributed by atoms with van der Waals surface area (Å²) in [6.07, 6.45) is 4.02. The predicted octanol–water partition coefficient (Wildman–Crippen LogP) is 4.02. The second kappa shape index (κ2) is 8.82. The number of likely N-dealkylation sites (tertiary alicyclic amines) is 1. The Kier molecular flexibility index (Phi) is 6.00. The molecule has 29 heavy (non-hydrogen) atoms. The van der Waals surface area contributed by atoms with E-state index in [1.165, 1.54) is 12.8 Å². The van der Waals surface area contributed by atoms with Gasteiger partial charge in [0.25, 0.3) is 5.91 Å². The molecule has 0 saturated carbocycles. The lowest BCUT2D eigenvalue weighted by Gasteiger charge is -2.18. The fraction of sp³-hybridized carbons (Fsp3) is 0.478. The number of likely N-dealkylation sites (N-methyl/N-ethyl adjacent to an activating group) is 1. The summed E-state index contributed by atoms with van der Waals surface area (Å²) in [5.41, 5.74) is 3.15. The van der Waals surface area contributed by atoms with Crippen molar-refractivity contribution in [3.05, 3.63) is 53.2 Å². The summed E-state index contributed by atoms with van der Waals surface area (Å²) in [6, 6.07) is 9.95. The first-order chi connectivity index (χ1) is 14.2. The Morgan fingerprint density at radius 2 is 2.03 bits per heavy atom. The average Bonchev–Trinajstić information content (AvgIpc) is 3.47. The number of fused-ring (bicyclic) bond motifs is 1. The normalized spacial score (nSPS) is 14.7. The van der Waals surface area contributed by atoms with Crippen LogP contribution in [0.25, 0.3) is 11.0 Å². The number of rotatable bonds is 8. The van der Waals surface area contributed by atoms with Crippen molar-refractivity contribution in [3.8, 4) is 0 Å². The first kappa shape index (κ1) is 19.7. The first-order valence-electron chi connectivity index (χ1n) is 10.7. The number of carbonyl (C=O) groups excluding carboxylic acids is 1. The second-order valence-corrected chi connectivity index (χ2v) is 7.73. The molecule has 0 spiro atoms. The Morgan fingerprint density at radius 3 is 2.76 bits per heavy atom. The molecule has 6 nitrogen and oxygen atoms in total. The summed E-state index contributed by atoms with van der Waals surface area (Å²) in [5.74, 6) is 2.27. The lowest BCUT2D eigenvalue weighted by molar-refractivity contribution is 0.0732. The molecule has 3 heterocycles. The Labute approximate surface area is 171 Å². The number of hydrogen-bond acceptors (Lipinski definition) is 4. The third-order valence-electron chi connectivity index (χ3n) is 5.75. The van der Waals surface area contributed by atoms with Gasteiger partial charge in [-0.25, -0.2) is 4.98 Å². The third kappa shape index (κ3) is 4.37. The van der Waals surface area contributed by atoms with Crippen LogP contribution in [0.3, 0.4) is 0 Å². The van der Waals surface area contributed by atoms with Gasteiger partial charge in [0.15, 0.2) is 5.76 Å².